The third-order valence-corrected chi connectivity index (χ3v) is 2.84. The van der Waals surface area contributed by atoms with Crippen molar-refractivity contribution in [2.75, 3.05) is 0 Å². The molecule has 0 bridgehead atoms. The molecule has 0 aliphatic heterocycles. The number of nitrogens with one attached hydrogen (secondary N) is 1. The number of benzene rings is 1. The van der Waals surface area contributed by atoms with E-state index in [0.29, 0.717) is 11.5 Å². The van der Waals surface area contributed by atoms with Gasteiger partial charge in [-0.2, -0.15) is 5.10 Å². The van der Waals surface area contributed by atoms with Crippen LogP contribution in [0.5, 0.6) is 0 Å². The van der Waals surface area contributed by atoms with Crippen LogP contribution in [0, 0.1) is 6.92 Å². The minimum atomic E-state index is -1.00. The number of aryl methyl sites for hydroxylation is 1. The van der Waals surface area contributed by atoms with Gasteiger partial charge in [-0.3, -0.25) is 5.10 Å². The molecular weight excluding hydrogens is 260 g/mol. The summed E-state index contributed by atoms with van der Waals surface area (Å²) in [5.74, 6) is -0.395. The van der Waals surface area contributed by atoms with Crippen molar-refractivity contribution in [1.82, 2.24) is 20.4 Å². The highest BCUT2D eigenvalue weighted by molar-refractivity contribution is 5.88. The zero-order valence-corrected chi connectivity index (χ0v) is 10.5. The summed E-state index contributed by atoms with van der Waals surface area (Å²) < 4.78 is 5.55. The lowest BCUT2D eigenvalue weighted by Gasteiger charge is -1.97. The molecule has 0 radical (unpaired) electrons. The van der Waals surface area contributed by atoms with Crippen LogP contribution in [-0.2, 0) is 0 Å². The third-order valence-electron chi connectivity index (χ3n) is 2.84. The fourth-order valence-electron chi connectivity index (χ4n) is 1.80. The molecule has 2 heterocycles. The minimum absolute atomic E-state index is 0.168. The Balaban J connectivity index is 2.00. The molecule has 20 heavy (non-hydrogen) atoms. The maximum Gasteiger partial charge on any atom is 0.335 e. The van der Waals surface area contributed by atoms with Crippen LogP contribution in [-0.4, -0.2) is 31.5 Å². The van der Waals surface area contributed by atoms with Crippen molar-refractivity contribution >= 4 is 5.97 Å². The van der Waals surface area contributed by atoms with Gasteiger partial charge < -0.3 is 9.52 Å². The predicted octanol–water partition coefficient (Wildman–Crippen LogP) is 2.13. The Morgan fingerprint density at radius 2 is 2.10 bits per heavy atom. The molecule has 0 aliphatic carbocycles. The fourth-order valence-corrected chi connectivity index (χ4v) is 1.80. The summed E-state index contributed by atoms with van der Waals surface area (Å²) in [7, 11) is 0. The van der Waals surface area contributed by atoms with Crippen LogP contribution in [0.2, 0.25) is 0 Å². The highest BCUT2D eigenvalue weighted by atomic mass is 16.4. The van der Waals surface area contributed by atoms with E-state index >= 15 is 0 Å². The van der Waals surface area contributed by atoms with Gasteiger partial charge in [0, 0.05) is 11.3 Å². The third kappa shape index (κ3) is 2.05. The molecule has 0 atom stereocenters. The van der Waals surface area contributed by atoms with Crippen LogP contribution in [0.1, 0.15) is 16.1 Å². The molecule has 100 valence electrons. The van der Waals surface area contributed by atoms with E-state index in [1.165, 1.54) is 12.1 Å². The Morgan fingerprint density at radius 3 is 2.80 bits per heavy atom. The molecule has 2 aromatic heterocycles. The molecule has 0 aliphatic rings. The summed E-state index contributed by atoms with van der Waals surface area (Å²) in [5, 5.41) is 23.5. The maximum absolute atomic E-state index is 10.9. The van der Waals surface area contributed by atoms with Crippen molar-refractivity contribution in [3.63, 3.8) is 0 Å². The first-order chi connectivity index (χ1) is 9.65. The second-order valence-corrected chi connectivity index (χ2v) is 4.21. The first kappa shape index (κ1) is 12.1. The summed E-state index contributed by atoms with van der Waals surface area (Å²) in [6, 6.07) is 6.34. The van der Waals surface area contributed by atoms with Crippen molar-refractivity contribution in [1.29, 1.82) is 0 Å². The van der Waals surface area contributed by atoms with Crippen LogP contribution in [0.25, 0.3) is 22.9 Å². The van der Waals surface area contributed by atoms with Gasteiger partial charge in [-0.1, -0.05) is 6.07 Å². The zero-order chi connectivity index (χ0) is 14.1. The van der Waals surface area contributed by atoms with Gasteiger partial charge in [-0.25, -0.2) is 4.79 Å². The van der Waals surface area contributed by atoms with Gasteiger partial charge in [-0.15, -0.1) is 10.2 Å². The lowest BCUT2D eigenvalue weighted by molar-refractivity contribution is 0.0697. The Bertz CT molecular complexity index is 775. The number of aromatic amines is 1. The molecule has 2 N–H and O–H groups in total. The van der Waals surface area contributed by atoms with Gasteiger partial charge in [0.05, 0.1) is 17.3 Å². The molecule has 0 fully saturated rings. The number of hydrogen-bond donors (Lipinski definition) is 2. The molecule has 3 rings (SSSR count). The quantitative estimate of drug-likeness (QED) is 0.755. The first-order valence-corrected chi connectivity index (χ1v) is 5.83. The summed E-state index contributed by atoms with van der Waals surface area (Å²) in [6.07, 6.45) is 1.60. The number of carboxylic acids is 1. The Kier molecular flexibility index (Phi) is 2.79. The Morgan fingerprint density at radius 1 is 1.30 bits per heavy atom. The van der Waals surface area contributed by atoms with Crippen molar-refractivity contribution in [3.8, 4) is 22.9 Å². The number of H-pyrrole nitrogens is 1. The highest BCUT2D eigenvalue weighted by Gasteiger charge is 2.14. The average molecular weight is 270 g/mol. The number of aromatic nitrogens is 4. The number of carbonyl (C=O) groups is 1. The van der Waals surface area contributed by atoms with Crippen LogP contribution < -0.4 is 0 Å². The van der Waals surface area contributed by atoms with E-state index in [1.807, 2.05) is 6.92 Å². The second-order valence-electron chi connectivity index (χ2n) is 4.21. The monoisotopic (exact) mass is 270 g/mol. The molecule has 7 heteroatoms. The van der Waals surface area contributed by atoms with E-state index < -0.39 is 5.97 Å². The predicted molar refractivity (Wildman–Crippen MR) is 69.0 cm³/mol. The summed E-state index contributed by atoms with van der Waals surface area (Å²) >= 11 is 0. The van der Waals surface area contributed by atoms with Crippen LogP contribution in [0.4, 0.5) is 0 Å². The smallest absolute Gasteiger partial charge is 0.335 e. The molecule has 7 nitrogen and oxygen atoms in total. The van der Waals surface area contributed by atoms with E-state index in [-0.39, 0.29) is 11.5 Å². The van der Waals surface area contributed by atoms with Gasteiger partial charge in [-0.05, 0) is 25.1 Å². The normalized spacial score (nSPS) is 10.7. The van der Waals surface area contributed by atoms with Crippen LogP contribution in [0.15, 0.2) is 34.9 Å². The van der Waals surface area contributed by atoms with E-state index in [1.54, 1.807) is 18.3 Å². The molecule has 0 saturated heterocycles. The largest absolute Gasteiger partial charge is 0.478 e. The molecule has 0 saturated carbocycles. The molecule has 0 unspecified atom stereocenters. The first-order valence-electron chi connectivity index (χ1n) is 5.83. The topological polar surface area (TPSA) is 105 Å². The summed E-state index contributed by atoms with van der Waals surface area (Å²) in [6.45, 7) is 1.84. The van der Waals surface area contributed by atoms with Gasteiger partial charge >= 0.3 is 5.97 Å². The summed E-state index contributed by atoms with van der Waals surface area (Å²) in [5.41, 5.74) is 2.27. The number of rotatable bonds is 3. The number of carboxylic acid groups (broad SMARTS) is 1. The average Bonchev–Trinajstić information content (AvgIpc) is 3.07. The summed E-state index contributed by atoms with van der Waals surface area (Å²) in [4.78, 5) is 10.9. The van der Waals surface area contributed by atoms with E-state index in [0.717, 1.165) is 11.3 Å². The second kappa shape index (κ2) is 4.61. The standard InChI is InChI=1S/C13H10N4O3/c1-7-10(6-14-15-7)12-17-16-11(20-12)8-3-2-4-9(5-8)13(18)19/h2-6H,1H3,(H,14,15)(H,18,19). The zero-order valence-electron chi connectivity index (χ0n) is 10.5. The number of hydrogen-bond acceptors (Lipinski definition) is 5. The SMILES string of the molecule is Cc1[nH]ncc1-c1nnc(-c2cccc(C(=O)O)c2)o1. The lowest BCUT2D eigenvalue weighted by atomic mass is 10.1. The van der Waals surface area contributed by atoms with Gasteiger partial charge in [0.1, 0.15) is 0 Å². The van der Waals surface area contributed by atoms with E-state index in [9.17, 15) is 4.79 Å². The fraction of sp³-hybridized carbons (Fsp3) is 0.0769. The van der Waals surface area contributed by atoms with E-state index in [2.05, 4.69) is 20.4 Å². The maximum atomic E-state index is 10.9. The molecule has 0 spiro atoms. The molecule has 3 aromatic rings. The van der Waals surface area contributed by atoms with Crippen molar-refractivity contribution in [2.45, 2.75) is 6.92 Å². The van der Waals surface area contributed by atoms with Gasteiger partial charge in [0.15, 0.2) is 0 Å². The number of nitrogens with zero attached hydrogens (tertiary/aromatic N) is 3. The van der Waals surface area contributed by atoms with Crippen molar-refractivity contribution < 1.29 is 14.3 Å². The Labute approximate surface area is 113 Å². The minimum Gasteiger partial charge on any atom is -0.478 e. The van der Waals surface area contributed by atoms with Crippen molar-refractivity contribution in [2.24, 2.45) is 0 Å². The molecule has 1 aromatic carbocycles. The molecular formula is C13H10N4O3. The Hall–Kier alpha value is -2.96. The van der Waals surface area contributed by atoms with Gasteiger partial charge in [0.25, 0.3) is 5.89 Å². The van der Waals surface area contributed by atoms with Crippen molar-refractivity contribution in [3.05, 3.63) is 41.7 Å². The van der Waals surface area contributed by atoms with E-state index in [4.69, 9.17) is 9.52 Å². The van der Waals surface area contributed by atoms with Gasteiger partial charge in [0.2, 0.25) is 5.89 Å². The highest BCUT2D eigenvalue weighted by Crippen LogP contribution is 2.25. The lowest BCUT2D eigenvalue weighted by Crippen LogP contribution is -1.95. The van der Waals surface area contributed by atoms with Crippen LogP contribution >= 0.6 is 0 Å². The number of aromatic carboxylic acids is 1. The molecule has 0 amide bonds. The van der Waals surface area contributed by atoms with Crippen LogP contribution in [0.3, 0.4) is 0 Å².